The van der Waals surface area contributed by atoms with Gasteiger partial charge in [0.05, 0.1) is 0 Å². The first kappa shape index (κ1) is 15.3. The molecule has 3 rings (SSSR count). The molecule has 1 aliphatic rings. The van der Waals surface area contributed by atoms with Crippen LogP contribution in [0.5, 0.6) is 0 Å². The number of carbonyl (C=O) groups excluding carboxylic acids is 1. The lowest BCUT2D eigenvalue weighted by molar-refractivity contribution is 0.262. The van der Waals surface area contributed by atoms with Crippen LogP contribution in [-0.4, -0.2) is 22.5 Å². The Kier molecular flexibility index (Phi) is 4.41. The maximum atomic E-state index is 12.1. The molecule has 0 bridgehead atoms. The van der Waals surface area contributed by atoms with Crippen LogP contribution in [0.25, 0.3) is 0 Å². The number of carbonyl (C=O) groups is 1. The quantitative estimate of drug-likeness (QED) is 0.809. The molecule has 2 aromatic rings. The molecule has 3 N–H and O–H groups in total. The highest BCUT2D eigenvalue weighted by Crippen LogP contribution is 2.24. The van der Waals surface area contributed by atoms with E-state index in [1.165, 1.54) is 17.5 Å². The molecular formula is C17H21N5O. The molecule has 1 aromatic heterocycles. The first-order valence-electron chi connectivity index (χ1n) is 7.93. The number of aromatic nitrogens is 2. The number of aryl methyl sites for hydroxylation is 3. The summed E-state index contributed by atoms with van der Waals surface area (Å²) in [7, 11) is 0. The van der Waals surface area contributed by atoms with Crippen LogP contribution in [-0.2, 0) is 12.8 Å². The molecule has 1 aromatic carbocycles. The summed E-state index contributed by atoms with van der Waals surface area (Å²) in [6.45, 7) is 4.62. The molecule has 0 fully saturated rings. The van der Waals surface area contributed by atoms with Gasteiger partial charge in [-0.1, -0.05) is 6.07 Å². The molecule has 1 aliphatic carbocycles. The van der Waals surface area contributed by atoms with Crippen molar-refractivity contribution in [1.82, 2.24) is 9.97 Å². The van der Waals surface area contributed by atoms with Gasteiger partial charge in [-0.25, -0.2) is 9.78 Å². The average molecular weight is 311 g/mol. The van der Waals surface area contributed by atoms with E-state index in [1.807, 2.05) is 32.0 Å². The van der Waals surface area contributed by atoms with E-state index in [0.717, 1.165) is 30.8 Å². The molecule has 0 aliphatic heterocycles. The fraction of sp³-hybridized carbons (Fsp3) is 0.353. The minimum absolute atomic E-state index is 0.291. The van der Waals surface area contributed by atoms with Crippen molar-refractivity contribution >= 4 is 23.5 Å². The Labute approximate surface area is 135 Å². The van der Waals surface area contributed by atoms with Crippen molar-refractivity contribution in [3.8, 4) is 0 Å². The van der Waals surface area contributed by atoms with Gasteiger partial charge in [-0.2, -0.15) is 4.98 Å². The number of amides is 2. The van der Waals surface area contributed by atoms with Gasteiger partial charge in [-0.3, -0.25) is 5.32 Å². The molecule has 1 heterocycles. The molecule has 6 nitrogen and oxygen atoms in total. The van der Waals surface area contributed by atoms with Gasteiger partial charge in [0.15, 0.2) is 0 Å². The predicted octanol–water partition coefficient (Wildman–Crippen LogP) is 3.35. The minimum atomic E-state index is -0.337. The maximum absolute atomic E-state index is 12.1. The van der Waals surface area contributed by atoms with Crippen molar-refractivity contribution in [1.29, 1.82) is 0 Å². The van der Waals surface area contributed by atoms with Gasteiger partial charge in [0, 0.05) is 24.0 Å². The van der Waals surface area contributed by atoms with E-state index in [2.05, 4.69) is 32.0 Å². The minimum Gasteiger partial charge on any atom is -0.370 e. The van der Waals surface area contributed by atoms with Gasteiger partial charge in [-0.05, 0) is 56.4 Å². The van der Waals surface area contributed by atoms with Gasteiger partial charge in [0.2, 0.25) is 5.95 Å². The zero-order chi connectivity index (χ0) is 16.2. The van der Waals surface area contributed by atoms with Gasteiger partial charge >= 0.3 is 6.03 Å². The SMILES string of the molecule is CCNc1cc(C)nc(NC(=O)Nc2ccc3c(c2)CCC3)n1. The summed E-state index contributed by atoms with van der Waals surface area (Å²) in [6.07, 6.45) is 3.40. The Bertz CT molecular complexity index is 729. The van der Waals surface area contributed by atoms with E-state index in [-0.39, 0.29) is 6.03 Å². The first-order valence-corrected chi connectivity index (χ1v) is 7.93. The summed E-state index contributed by atoms with van der Waals surface area (Å²) in [5, 5.41) is 8.64. The van der Waals surface area contributed by atoms with Gasteiger partial charge in [0.25, 0.3) is 0 Å². The van der Waals surface area contributed by atoms with Crippen LogP contribution in [0, 0.1) is 6.92 Å². The first-order chi connectivity index (χ1) is 11.1. The number of urea groups is 1. The lowest BCUT2D eigenvalue weighted by atomic mass is 10.1. The molecule has 0 saturated carbocycles. The van der Waals surface area contributed by atoms with Crippen LogP contribution < -0.4 is 16.0 Å². The highest BCUT2D eigenvalue weighted by atomic mass is 16.2. The maximum Gasteiger partial charge on any atom is 0.326 e. The lowest BCUT2D eigenvalue weighted by Crippen LogP contribution is -2.21. The van der Waals surface area contributed by atoms with E-state index < -0.39 is 0 Å². The Hall–Kier alpha value is -2.63. The zero-order valence-corrected chi connectivity index (χ0v) is 13.4. The second-order valence-corrected chi connectivity index (χ2v) is 5.66. The second-order valence-electron chi connectivity index (χ2n) is 5.66. The number of hydrogen-bond donors (Lipinski definition) is 3. The third-order valence-electron chi connectivity index (χ3n) is 3.79. The van der Waals surface area contributed by atoms with E-state index in [4.69, 9.17) is 0 Å². The van der Waals surface area contributed by atoms with Crippen LogP contribution >= 0.6 is 0 Å². The van der Waals surface area contributed by atoms with E-state index in [0.29, 0.717) is 11.8 Å². The number of nitrogens with zero attached hydrogens (tertiary/aromatic N) is 2. The van der Waals surface area contributed by atoms with E-state index in [1.54, 1.807) is 0 Å². The van der Waals surface area contributed by atoms with Crippen molar-refractivity contribution in [2.75, 3.05) is 22.5 Å². The van der Waals surface area contributed by atoms with Crippen molar-refractivity contribution in [2.24, 2.45) is 0 Å². The highest BCUT2D eigenvalue weighted by Gasteiger charge is 2.12. The molecular weight excluding hydrogens is 290 g/mol. The Morgan fingerprint density at radius 3 is 2.78 bits per heavy atom. The summed E-state index contributed by atoms with van der Waals surface area (Å²) >= 11 is 0. The number of fused-ring (bicyclic) bond motifs is 1. The Balaban J connectivity index is 1.67. The summed E-state index contributed by atoms with van der Waals surface area (Å²) in [4.78, 5) is 20.6. The highest BCUT2D eigenvalue weighted by molar-refractivity contribution is 5.98. The van der Waals surface area contributed by atoms with Crippen molar-refractivity contribution < 1.29 is 4.79 Å². The summed E-state index contributed by atoms with van der Waals surface area (Å²) < 4.78 is 0. The molecule has 0 saturated heterocycles. The van der Waals surface area contributed by atoms with Gasteiger partial charge in [-0.15, -0.1) is 0 Å². The van der Waals surface area contributed by atoms with Crippen LogP contribution in [0.1, 0.15) is 30.2 Å². The standard InChI is InChI=1S/C17H21N5O/c1-3-18-15-9-11(2)19-16(21-15)22-17(23)20-14-8-7-12-5-4-6-13(12)10-14/h7-10H,3-6H2,1-2H3,(H3,18,19,20,21,22,23). The Morgan fingerprint density at radius 2 is 1.96 bits per heavy atom. The zero-order valence-electron chi connectivity index (χ0n) is 13.4. The van der Waals surface area contributed by atoms with Crippen LogP contribution in [0.2, 0.25) is 0 Å². The third kappa shape index (κ3) is 3.77. The second kappa shape index (κ2) is 6.64. The molecule has 0 spiro atoms. The molecule has 0 atom stereocenters. The fourth-order valence-corrected chi connectivity index (χ4v) is 2.81. The number of anilines is 3. The Morgan fingerprint density at radius 1 is 1.13 bits per heavy atom. The largest absolute Gasteiger partial charge is 0.370 e. The molecule has 0 unspecified atom stereocenters. The summed E-state index contributed by atoms with van der Waals surface area (Å²) in [5.41, 5.74) is 4.30. The smallest absolute Gasteiger partial charge is 0.326 e. The lowest BCUT2D eigenvalue weighted by Gasteiger charge is -2.10. The number of hydrogen-bond acceptors (Lipinski definition) is 4. The van der Waals surface area contributed by atoms with Crippen LogP contribution in [0.3, 0.4) is 0 Å². The topological polar surface area (TPSA) is 78.9 Å². The normalized spacial score (nSPS) is 12.6. The number of benzene rings is 1. The molecule has 6 heteroatoms. The van der Waals surface area contributed by atoms with Gasteiger partial charge in [0.1, 0.15) is 5.82 Å². The number of rotatable bonds is 4. The molecule has 23 heavy (non-hydrogen) atoms. The van der Waals surface area contributed by atoms with Crippen LogP contribution in [0.15, 0.2) is 24.3 Å². The average Bonchev–Trinajstić information content (AvgIpc) is 2.94. The van der Waals surface area contributed by atoms with Crippen molar-refractivity contribution in [3.05, 3.63) is 41.1 Å². The molecule has 2 amide bonds. The van der Waals surface area contributed by atoms with E-state index in [9.17, 15) is 4.79 Å². The number of nitrogens with one attached hydrogen (secondary N) is 3. The monoisotopic (exact) mass is 311 g/mol. The van der Waals surface area contributed by atoms with Crippen molar-refractivity contribution in [2.45, 2.75) is 33.1 Å². The third-order valence-corrected chi connectivity index (χ3v) is 3.79. The van der Waals surface area contributed by atoms with E-state index >= 15 is 0 Å². The van der Waals surface area contributed by atoms with Crippen molar-refractivity contribution in [3.63, 3.8) is 0 Å². The predicted molar refractivity (Wildman–Crippen MR) is 92.0 cm³/mol. The molecule has 0 radical (unpaired) electrons. The van der Waals surface area contributed by atoms with Gasteiger partial charge < -0.3 is 10.6 Å². The fourth-order valence-electron chi connectivity index (χ4n) is 2.81. The summed E-state index contributed by atoms with van der Waals surface area (Å²) in [5.74, 6) is 0.993. The van der Waals surface area contributed by atoms with Crippen LogP contribution in [0.4, 0.5) is 22.2 Å². The molecule has 120 valence electrons. The summed E-state index contributed by atoms with van der Waals surface area (Å²) in [6, 6.07) is 7.57.